The molecule has 1 aromatic carbocycles. The molecular weight excluding hydrogens is 364 g/mol. The summed E-state index contributed by atoms with van der Waals surface area (Å²) in [5, 5.41) is 11.2. The second-order valence-corrected chi connectivity index (χ2v) is 10.1. The van der Waals surface area contributed by atoms with Crippen molar-refractivity contribution in [1.29, 1.82) is 0 Å². The molecule has 1 aliphatic carbocycles. The number of hydrogen-bond acceptors (Lipinski definition) is 5. The standard InChI is InChI=1S/C19H24N4O3S/c20-11-27(25,26)22-7-5-19(6-8-22)9-15(18(19)24)17-14-4-2-1-3-13(14)16-10-21-12-23(16)17/h1-4,10,12,15,17-18,24H,5-9,11,20H2. The molecule has 27 heavy (non-hydrogen) atoms. The van der Waals surface area contributed by atoms with Crippen LogP contribution in [0.4, 0.5) is 0 Å². The fourth-order valence-electron chi connectivity index (χ4n) is 5.40. The second kappa shape index (κ2) is 5.88. The average molecular weight is 388 g/mol. The molecule has 0 radical (unpaired) electrons. The molecule has 2 aliphatic heterocycles. The monoisotopic (exact) mass is 388 g/mol. The topological polar surface area (TPSA) is 101 Å². The maximum atomic E-state index is 12.0. The molecule has 1 saturated carbocycles. The number of fused-ring (bicyclic) bond motifs is 3. The number of aromatic nitrogens is 2. The van der Waals surface area contributed by atoms with Gasteiger partial charge in [0.2, 0.25) is 10.0 Å². The number of nitrogens with zero attached hydrogens (tertiary/aromatic N) is 3. The number of rotatable bonds is 3. The Hall–Kier alpha value is -1.74. The van der Waals surface area contributed by atoms with Gasteiger partial charge in [0, 0.05) is 24.6 Å². The van der Waals surface area contributed by atoms with Gasteiger partial charge in [-0.1, -0.05) is 24.3 Å². The number of piperidine rings is 1. The molecule has 3 heterocycles. The van der Waals surface area contributed by atoms with Crippen LogP contribution < -0.4 is 5.73 Å². The van der Waals surface area contributed by atoms with Crippen LogP contribution in [0.1, 0.15) is 30.9 Å². The van der Waals surface area contributed by atoms with Crippen molar-refractivity contribution in [2.45, 2.75) is 31.4 Å². The van der Waals surface area contributed by atoms with Crippen molar-refractivity contribution in [3.63, 3.8) is 0 Å². The molecule has 5 rings (SSSR count). The molecule has 3 aliphatic rings. The highest BCUT2D eigenvalue weighted by molar-refractivity contribution is 7.89. The van der Waals surface area contributed by atoms with E-state index in [1.165, 1.54) is 15.4 Å². The van der Waals surface area contributed by atoms with Crippen LogP contribution in [0.15, 0.2) is 36.8 Å². The van der Waals surface area contributed by atoms with Crippen LogP contribution >= 0.6 is 0 Å². The van der Waals surface area contributed by atoms with Crippen molar-refractivity contribution in [1.82, 2.24) is 13.9 Å². The number of benzene rings is 1. The van der Waals surface area contributed by atoms with E-state index in [9.17, 15) is 13.5 Å². The Labute approximate surface area is 158 Å². The lowest BCUT2D eigenvalue weighted by Crippen LogP contribution is -2.60. The van der Waals surface area contributed by atoms with E-state index in [-0.39, 0.29) is 23.3 Å². The lowest BCUT2D eigenvalue weighted by molar-refractivity contribution is -0.152. The first-order valence-electron chi connectivity index (χ1n) is 9.44. The third-order valence-electron chi connectivity index (χ3n) is 6.92. The van der Waals surface area contributed by atoms with E-state index in [1.807, 2.05) is 24.7 Å². The van der Waals surface area contributed by atoms with Crippen molar-refractivity contribution in [3.8, 4) is 11.3 Å². The Morgan fingerprint density at radius 1 is 1.26 bits per heavy atom. The van der Waals surface area contributed by atoms with Crippen LogP contribution in [0.3, 0.4) is 0 Å². The number of aliphatic hydroxyl groups excluding tert-OH is 1. The van der Waals surface area contributed by atoms with Crippen molar-refractivity contribution in [2.24, 2.45) is 17.1 Å². The van der Waals surface area contributed by atoms with Gasteiger partial charge in [-0.05, 0) is 30.2 Å². The fraction of sp³-hybridized carbons (Fsp3) is 0.526. The normalized spacial score (nSPS) is 29.3. The molecule has 1 saturated heterocycles. The van der Waals surface area contributed by atoms with Gasteiger partial charge in [-0.3, -0.25) is 0 Å². The molecule has 1 aromatic heterocycles. The van der Waals surface area contributed by atoms with Gasteiger partial charge >= 0.3 is 0 Å². The Morgan fingerprint density at radius 2 is 2.00 bits per heavy atom. The zero-order chi connectivity index (χ0) is 18.8. The van der Waals surface area contributed by atoms with Gasteiger partial charge in [-0.15, -0.1) is 0 Å². The quantitative estimate of drug-likeness (QED) is 0.822. The van der Waals surface area contributed by atoms with Gasteiger partial charge in [0.25, 0.3) is 0 Å². The van der Waals surface area contributed by atoms with Crippen LogP contribution in [0.2, 0.25) is 0 Å². The molecule has 1 spiro atoms. The Morgan fingerprint density at radius 3 is 2.70 bits per heavy atom. The van der Waals surface area contributed by atoms with E-state index in [0.29, 0.717) is 25.9 Å². The van der Waals surface area contributed by atoms with Crippen molar-refractivity contribution >= 4 is 10.0 Å². The summed E-state index contributed by atoms with van der Waals surface area (Å²) in [4.78, 5) is 4.31. The first-order chi connectivity index (χ1) is 13.0. The summed E-state index contributed by atoms with van der Waals surface area (Å²) in [6, 6.07) is 8.43. The van der Waals surface area contributed by atoms with Gasteiger partial charge in [0.1, 0.15) is 5.88 Å². The van der Waals surface area contributed by atoms with Crippen LogP contribution in [0, 0.1) is 11.3 Å². The minimum atomic E-state index is -3.36. The molecular formula is C19H24N4O3S. The largest absolute Gasteiger partial charge is 0.392 e. The van der Waals surface area contributed by atoms with E-state index >= 15 is 0 Å². The predicted molar refractivity (Wildman–Crippen MR) is 101 cm³/mol. The van der Waals surface area contributed by atoms with Gasteiger partial charge in [0.15, 0.2) is 0 Å². The third kappa shape index (κ3) is 2.37. The number of sulfonamides is 1. The highest BCUT2D eigenvalue weighted by Crippen LogP contribution is 2.59. The second-order valence-electron chi connectivity index (χ2n) is 8.07. The van der Waals surface area contributed by atoms with Crippen LogP contribution in [-0.2, 0) is 10.0 Å². The highest BCUT2D eigenvalue weighted by atomic mass is 32.2. The summed E-state index contributed by atoms with van der Waals surface area (Å²) in [7, 11) is -3.36. The SMILES string of the molecule is NCS(=O)(=O)N1CCC2(CC1)CC(C1c3ccccc3-c3cncn31)C2O. The molecule has 3 atom stereocenters. The molecule has 2 aromatic rings. The van der Waals surface area contributed by atoms with E-state index in [2.05, 4.69) is 21.7 Å². The zero-order valence-electron chi connectivity index (χ0n) is 15.0. The lowest BCUT2D eigenvalue weighted by Gasteiger charge is -2.57. The third-order valence-corrected chi connectivity index (χ3v) is 8.50. The van der Waals surface area contributed by atoms with Crippen molar-refractivity contribution in [2.75, 3.05) is 19.0 Å². The Bertz CT molecular complexity index is 978. The lowest BCUT2D eigenvalue weighted by atomic mass is 9.53. The molecule has 3 N–H and O–H groups in total. The molecule has 144 valence electrons. The van der Waals surface area contributed by atoms with Crippen LogP contribution in [0.25, 0.3) is 11.3 Å². The predicted octanol–water partition coefficient (Wildman–Crippen LogP) is 1.16. The summed E-state index contributed by atoms with van der Waals surface area (Å²) >= 11 is 0. The van der Waals surface area contributed by atoms with Gasteiger partial charge in [-0.25, -0.2) is 17.7 Å². The zero-order valence-corrected chi connectivity index (χ0v) is 15.8. The number of aliphatic hydroxyl groups is 1. The first kappa shape index (κ1) is 17.4. The number of nitrogens with two attached hydrogens (primary N) is 1. The van der Waals surface area contributed by atoms with Crippen molar-refractivity contribution < 1.29 is 13.5 Å². The molecule has 0 bridgehead atoms. The Balaban J connectivity index is 1.37. The van der Waals surface area contributed by atoms with Gasteiger partial charge in [-0.2, -0.15) is 0 Å². The van der Waals surface area contributed by atoms with Gasteiger partial charge < -0.3 is 15.4 Å². The average Bonchev–Trinajstić information content (AvgIpc) is 3.27. The Kier molecular flexibility index (Phi) is 3.78. The summed E-state index contributed by atoms with van der Waals surface area (Å²) in [6.45, 7) is 0.891. The van der Waals surface area contributed by atoms with E-state index in [1.54, 1.807) is 0 Å². The van der Waals surface area contributed by atoms with E-state index in [4.69, 9.17) is 5.73 Å². The molecule has 7 nitrogen and oxygen atoms in total. The maximum absolute atomic E-state index is 12.0. The summed E-state index contributed by atoms with van der Waals surface area (Å²) in [5.41, 5.74) is 8.74. The summed E-state index contributed by atoms with van der Waals surface area (Å²) in [5.74, 6) is -0.229. The summed E-state index contributed by atoms with van der Waals surface area (Å²) in [6.07, 6.45) is 5.58. The molecule has 3 unspecified atom stereocenters. The highest BCUT2D eigenvalue weighted by Gasteiger charge is 2.58. The minimum Gasteiger partial charge on any atom is -0.392 e. The molecule has 8 heteroatoms. The fourth-order valence-corrected chi connectivity index (χ4v) is 6.35. The van der Waals surface area contributed by atoms with Crippen LogP contribution in [-0.4, -0.2) is 52.5 Å². The molecule has 2 fully saturated rings. The van der Waals surface area contributed by atoms with Crippen LogP contribution in [0.5, 0.6) is 0 Å². The van der Waals surface area contributed by atoms with Gasteiger partial charge in [0.05, 0.1) is 30.4 Å². The van der Waals surface area contributed by atoms with E-state index in [0.717, 1.165) is 12.1 Å². The van der Waals surface area contributed by atoms with E-state index < -0.39 is 16.1 Å². The maximum Gasteiger partial charge on any atom is 0.226 e. The first-order valence-corrected chi connectivity index (χ1v) is 11.0. The number of hydrogen-bond donors (Lipinski definition) is 2. The number of imidazole rings is 1. The summed E-state index contributed by atoms with van der Waals surface area (Å²) < 4.78 is 27.6. The van der Waals surface area contributed by atoms with Crippen molar-refractivity contribution in [3.05, 3.63) is 42.4 Å². The smallest absolute Gasteiger partial charge is 0.226 e. The molecule has 0 amide bonds. The minimum absolute atomic E-state index is 0.102.